The number of hydrogen-bond acceptors (Lipinski definition) is 5. The van der Waals surface area contributed by atoms with Gasteiger partial charge in [0.1, 0.15) is 11.4 Å². The Morgan fingerprint density at radius 3 is 2.89 bits per heavy atom. The lowest BCUT2D eigenvalue weighted by molar-refractivity contribution is -0.116. The molecule has 0 unspecified atom stereocenters. The molecule has 2 heterocycles. The number of halogens is 1. The van der Waals surface area contributed by atoms with E-state index >= 15 is 0 Å². The van der Waals surface area contributed by atoms with E-state index in [4.69, 9.17) is 4.74 Å². The molecule has 0 saturated carbocycles. The molecule has 27 heavy (non-hydrogen) atoms. The quantitative estimate of drug-likeness (QED) is 0.476. The third-order valence-corrected chi connectivity index (χ3v) is 5.27. The molecule has 3 rings (SSSR count). The lowest BCUT2D eigenvalue weighted by Gasteiger charge is -2.09. The van der Waals surface area contributed by atoms with Gasteiger partial charge in [-0.1, -0.05) is 19.1 Å². The van der Waals surface area contributed by atoms with Crippen molar-refractivity contribution in [2.24, 2.45) is 0 Å². The monoisotopic (exact) mass is 445 g/mol. The number of aryl methyl sites for hydroxylation is 1. The Kier molecular flexibility index (Phi) is 6.95. The Morgan fingerprint density at radius 1 is 1.26 bits per heavy atom. The number of nitrogens with zero attached hydrogens (tertiary/aromatic N) is 2. The average molecular weight is 446 g/mol. The molecule has 1 amide bonds. The highest BCUT2D eigenvalue weighted by molar-refractivity contribution is 9.10. The predicted octanol–water partition coefficient (Wildman–Crippen LogP) is 5.33. The number of pyridine rings is 1. The summed E-state index contributed by atoms with van der Waals surface area (Å²) in [6.45, 7) is 2.59. The minimum Gasteiger partial charge on any atom is -0.492 e. The maximum absolute atomic E-state index is 12.1. The largest absolute Gasteiger partial charge is 0.492 e. The van der Waals surface area contributed by atoms with E-state index in [2.05, 4.69) is 50.3 Å². The molecule has 0 aliphatic rings. The number of hydrogen-bond donors (Lipinski definition) is 1. The van der Waals surface area contributed by atoms with Crippen molar-refractivity contribution < 1.29 is 9.53 Å². The van der Waals surface area contributed by atoms with Crippen molar-refractivity contribution in [1.82, 2.24) is 9.97 Å². The summed E-state index contributed by atoms with van der Waals surface area (Å²) in [5.74, 6) is 0.730. The lowest BCUT2D eigenvalue weighted by atomic mass is 10.2. The zero-order valence-corrected chi connectivity index (χ0v) is 17.3. The molecule has 0 aliphatic carbocycles. The summed E-state index contributed by atoms with van der Waals surface area (Å²) < 4.78 is 6.69. The second-order valence-corrected chi connectivity index (χ2v) is 7.58. The van der Waals surface area contributed by atoms with E-state index in [1.54, 1.807) is 6.20 Å². The van der Waals surface area contributed by atoms with E-state index in [0.717, 1.165) is 28.0 Å². The molecule has 2 aromatic heterocycles. The van der Waals surface area contributed by atoms with Crippen LogP contribution in [-0.2, 0) is 11.2 Å². The smallest absolute Gasteiger partial charge is 0.226 e. The first-order valence-electron chi connectivity index (χ1n) is 8.73. The molecule has 0 atom stereocenters. The molecule has 140 valence electrons. The van der Waals surface area contributed by atoms with Crippen molar-refractivity contribution in [1.29, 1.82) is 0 Å². The van der Waals surface area contributed by atoms with Crippen molar-refractivity contribution >= 4 is 38.3 Å². The van der Waals surface area contributed by atoms with E-state index in [-0.39, 0.29) is 5.91 Å². The van der Waals surface area contributed by atoms with Gasteiger partial charge in [-0.05, 0) is 58.6 Å². The number of aromatic nitrogens is 2. The standard InChI is InChI=1S/C20H20BrN3O2S/c1-2-14-8-9-18(15(21)12-14)26-11-5-7-19(25)24-20-23-17(13-27-20)16-6-3-4-10-22-16/h3-4,6,8-10,12-13H,2,5,7,11H2,1H3,(H,23,24,25). The zero-order valence-electron chi connectivity index (χ0n) is 14.9. The van der Waals surface area contributed by atoms with E-state index in [1.165, 1.54) is 16.9 Å². The van der Waals surface area contributed by atoms with Gasteiger partial charge in [-0.25, -0.2) is 4.98 Å². The Morgan fingerprint density at radius 2 is 2.15 bits per heavy atom. The van der Waals surface area contributed by atoms with Gasteiger partial charge in [0.15, 0.2) is 5.13 Å². The van der Waals surface area contributed by atoms with Crippen LogP contribution in [0.2, 0.25) is 0 Å². The first-order chi connectivity index (χ1) is 13.2. The van der Waals surface area contributed by atoms with Crippen LogP contribution in [0, 0.1) is 0 Å². The number of rotatable bonds is 8. The Labute approximate surface area is 171 Å². The molecule has 0 bridgehead atoms. The second-order valence-electron chi connectivity index (χ2n) is 5.87. The fourth-order valence-corrected chi connectivity index (χ4v) is 3.70. The molecule has 1 N–H and O–H groups in total. The molecular weight excluding hydrogens is 426 g/mol. The van der Waals surface area contributed by atoms with E-state index in [0.29, 0.717) is 24.6 Å². The van der Waals surface area contributed by atoms with Crippen LogP contribution >= 0.6 is 27.3 Å². The molecule has 0 radical (unpaired) electrons. The minimum atomic E-state index is -0.0686. The van der Waals surface area contributed by atoms with Gasteiger partial charge in [0, 0.05) is 18.0 Å². The highest BCUT2D eigenvalue weighted by Crippen LogP contribution is 2.26. The Balaban J connectivity index is 1.43. The molecule has 0 fully saturated rings. The minimum absolute atomic E-state index is 0.0686. The van der Waals surface area contributed by atoms with Gasteiger partial charge in [0.2, 0.25) is 5.91 Å². The van der Waals surface area contributed by atoms with Gasteiger partial charge < -0.3 is 10.1 Å². The third kappa shape index (κ3) is 5.61. The van der Waals surface area contributed by atoms with Crippen LogP contribution in [0.4, 0.5) is 5.13 Å². The summed E-state index contributed by atoms with van der Waals surface area (Å²) in [7, 11) is 0. The fourth-order valence-electron chi connectivity index (χ4n) is 2.44. The van der Waals surface area contributed by atoms with Crippen molar-refractivity contribution in [3.8, 4) is 17.1 Å². The molecule has 0 aliphatic heterocycles. The van der Waals surface area contributed by atoms with Crippen molar-refractivity contribution in [3.05, 3.63) is 58.0 Å². The summed E-state index contributed by atoms with van der Waals surface area (Å²) in [5, 5.41) is 5.30. The number of carbonyl (C=O) groups is 1. The number of thiazole rings is 1. The first kappa shape index (κ1) is 19.5. The predicted molar refractivity (Wildman–Crippen MR) is 112 cm³/mol. The number of carbonyl (C=O) groups excluding carboxylic acids is 1. The van der Waals surface area contributed by atoms with Gasteiger partial charge in [-0.2, -0.15) is 0 Å². The number of nitrogens with one attached hydrogen (secondary N) is 1. The van der Waals surface area contributed by atoms with E-state index in [9.17, 15) is 4.79 Å². The molecule has 1 aromatic carbocycles. The summed E-state index contributed by atoms with van der Waals surface area (Å²) in [5.41, 5.74) is 2.81. The summed E-state index contributed by atoms with van der Waals surface area (Å²) >= 11 is 4.91. The lowest BCUT2D eigenvalue weighted by Crippen LogP contribution is -2.12. The molecule has 5 nitrogen and oxygen atoms in total. The molecule has 7 heteroatoms. The number of amides is 1. The summed E-state index contributed by atoms with van der Waals surface area (Å²) in [6.07, 6.45) is 3.72. The van der Waals surface area contributed by atoms with Crippen LogP contribution in [0.25, 0.3) is 11.4 Å². The number of anilines is 1. The number of ether oxygens (including phenoxy) is 1. The summed E-state index contributed by atoms with van der Waals surface area (Å²) in [4.78, 5) is 20.8. The number of benzene rings is 1. The Bertz CT molecular complexity index is 899. The fraction of sp³-hybridized carbons (Fsp3) is 0.250. The van der Waals surface area contributed by atoms with Gasteiger partial charge in [0.25, 0.3) is 0 Å². The van der Waals surface area contributed by atoms with E-state index < -0.39 is 0 Å². The van der Waals surface area contributed by atoms with Crippen LogP contribution < -0.4 is 10.1 Å². The molecule has 0 spiro atoms. The SMILES string of the molecule is CCc1ccc(OCCCC(=O)Nc2nc(-c3ccccn3)cs2)c(Br)c1. The normalized spacial score (nSPS) is 10.6. The Hall–Kier alpha value is -2.25. The first-order valence-corrected chi connectivity index (χ1v) is 10.4. The second kappa shape index (κ2) is 9.62. The van der Waals surface area contributed by atoms with Crippen molar-refractivity contribution in [3.63, 3.8) is 0 Å². The van der Waals surface area contributed by atoms with Crippen LogP contribution in [0.15, 0.2) is 52.4 Å². The average Bonchev–Trinajstić information content (AvgIpc) is 3.15. The van der Waals surface area contributed by atoms with Crippen LogP contribution in [0.5, 0.6) is 5.75 Å². The van der Waals surface area contributed by atoms with Gasteiger partial charge in [-0.3, -0.25) is 9.78 Å². The van der Waals surface area contributed by atoms with Crippen molar-refractivity contribution in [2.45, 2.75) is 26.2 Å². The van der Waals surface area contributed by atoms with Crippen LogP contribution in [-0.4, -0.2) is 22.5 Å². The molecular formula is C20H20BrN3O2S. The van der Waals surface area contributed by atoms with Crippen molar-refractivity contribution in [2.75, 3.05) is 11.9 Å². The third-order valence-electron chi connectivity index (χ3n) is 3.89. The van der Waals surface area contributed by atoms with Crippen LogP contribution in [0.1, 0.15) is 25.3 Å². The maximum atomic E-state index is 12.1. The highest BCUT2D eigenvalue weighted by Gasteiger charge is 2.09. The van der Waals surface area contributed by atoms with Gasteiger partial charge in [-0.15, -0.1) is 11.3 Å². The molecule has 3 aromatic rings. The highest BCUT2D eigenvalue weighted by atomic mass is 79.9. The zero-order chi connectivity index (χ0) is 19.1. The van der Waals surface area contributed by atoms with Gasteiger partial charge in [0.05, 0.1) is 16.8 Å². The van der Waals surface area contributed by atoms with Gasteiger partial charge >= 0.3 is 0 Å². The van der Waals surface area contributed by atoms with Crippen LogP contribution in [0.3, 0.4) is 0 Å². The van der Waals surface area contributed by atoms with E-state index in [1.807, 2.05) is 29.6 Å². The topological polar surface area (TPSA) is 64.1 Å². The summed E-state index contributed by atoms with van der Waals surface area (Å²) in [6, 6.07) is 11.7. The maximum Gasteiger partial charge on any atom is 0.226 e. The molecule has 0 saturated heterocycles.